The summed E-state index contributed by atoms with van der Waals surface area (Å²) in [6, 6.07) is 10.1. The highest BCUT2D eigenvalue weighted by Crippen LogP contribution is 2.37. The molecule has 1 atom stereocenters. The second kappa shape index (κ2) is 5.87. The normalized spacial score (nSPS) is 22.1. The van der Waals surface area contributed by atoms with Gasteiger partial charge in [-0.3, -0.25) is 4.79 Å². The number of carbonyl (C=O) groups is 1. The summed E-state index contributed by atoms with van der Waals surface area (Å²) in [5.74, 6) is -0.708. The summed E-state index contributed by atoms with van der Waals surface area (Å²) in [4.78, 5) is 11.5. The zero-order valence-electron chi connectivity index (χ0n) is 11.3. The van der Waals surface area contributed by atoms with Crippen LogP contribution in [0.15, 0.2) is 48.6 Å². The first-order chi connectivity index (χ1) is 9.18. The molecule has 100 valence electrons. The quantitative estimate of drug-likeness (QED) is 0.853. The van der Waals surface area contributed by atoms with Gasteiger partial charge in [0.15, 0.2) is 0 Å². The lowest BCUT2D eigenvalue weighted by atomic mass is 9.75. The SMILES string of the molecule is CCCCC1(C(=O)O)C=CC(c2ccccc2)=CC1. The van der Waals surface area contributed by atoms with E-state index in [1.165, 1.54) is 0 Å². The Hall–Kier alpha value is -1.83. The molecule has 0 spiro atoms. The van der Waals surface area contributed by atoms with Crippen molar-refractivity contribution in [2.45, 2.75) is 32.6 Å². The molecular weight excluding hydrogens is 236 g/mol. The van der Waals surface area contributed by atoms with E-state index in [0.717, 1.165) is 24.0 Å². The molecule has 0 amide bonds. The van der Waals surface area contributed by atoms with Crippen LogP contribution in [0.1, 0.15) is 38.2 Å². The standard InChI is InChI=1S/C17H20O2/c1-2-3-11-17(16(18)19)12-9-15(10-13-17)14-7-5-4-6-8-14/h4-10,12H,2-3,11,13H2,1H3,(H,18,19). The lowest BCUT2D eigenvalue weighted by molar-refractivity contribution is -0.146. The van der Waals surface area contributed by atoms with Gasteiger partial charge in [-0.25, -0.2) is 0 Å². The van der Waals surface area contributed by atoms with Crippen molar-refractivity contribution < 1.29 is 9.90 Å². The summed E-state index contributed by atoms with van der Waals surface area (Å²) < 4.78 is 0. The minimum absolute atomic E-state index is 0.586. The molecule has 2 rings (SSSR count). The van der Waals surface area contributed by atoms with Crippen molar-refractivity contribution in [3.05, 3.63) is 54.1 Å². The largest absolute Gasteiger partial charge is 0.481 e. The van der Waals surface area contributed by atoms with Crippen LogP contribution < -0.4 is 0 Å². The average molecular weight is 256 g/mol. The van der Waals surface area contributed by atoms with Crippen LogP contribution in [0.5, 0.6) is 0 Å². The lowest BCUT2D eigenvalue weighted by Gasteiger charge is -2.28. The minimum Gasteiger partial charge on any atom is -0.481 e. The Morgan fingerprint density at radius 3 is 2.58 bits per heavy atom. The molecule has 1 aromatic carbocycles. The topological polar surface area (TPSA) is 37.3 Å². The van der Waals surface area contributed by atoms with E-state index in [4.69, 9.17) is 0 Å². The van der Waals surface area contributed by atoms with Crippen molar-refractivity contribution in [3.8, 4) is 0 Å². The van der Waals surface area contributed by atoms with Gasteiger partial charge in [0.2, 0.25) is 0 Å². The summed E-state index contributed by atoms with van der Waals surface area (Å²) in [6.45, 7) is 2.09. The third-order valence-corrected chi connectivity index (χ3v) is 3.78. The Bertz CT molecular complexity index is 499. The Morgan fingerprint density at radius 2 is 2.05 bits per heavy atom. The predicted molar refractivity (Wildman–Crippen MR) is 77.8 cm³/mol. The highest BCUT2D eigenvalue weighted by atomic mass is 16.4. The Balaban J connectivity index is 2.18. The highest BCUT2D eigenvalue weighted by Gasteiger charge is 2.35. The summed E-state index contributed by atoms with van der Waals surface area (Å²) >= 11 is 0. The molecule has 0 heterocycles. The van der Waals surface area contributed by atoms with Crippen molar-refractivity contribution in [1.82, 2.24) is 0 Å². The molecule has 2 heteroatoms. The van der Waals surface area contributed by atoms with Crippen molar-refractivity contribution >= 4 is 11.5 Å². The number of allylic oxidation sites excluding steroid dienone is 3. The van der Waals surface area contributed by atoms with Crippen LogP contribution in [-0.2, 0) is 4.79 Å². The molecule has 0 radical (unpaired) electrons. The number of hydrogen-bond donors (Lipinski definition) is 1. The van der Waals surface area contributed by atoms with Gasteiger partial charge >= 0.3 is 5.97 Å². The van der Waals surface area contributed by atoms with E-state index in [1.54, 1.807) is 0 Å². The molecule has 19 heavy (non-hydrogen) atoms. The molecule has 0 saturated carbocycles. The van der Waals surface area contributed by atoms with Crippen LogP contribution in [0.25, 0.3) is 5.57 Å². The molecule has 1 N–H and O–H groups in total. The van der Waals surface area contributed by atoms with E-state index in [1.807, 2.05) is 30.4 Å². The number of rotatable bonds is 5. The average Bonchev–Trinajstić information content (AvgIpc) is 2.46. The number of benzene rings is 1. The predicted octanol–water partition coefficient (Wildman–Crippen LogP) is 4.29. The van der Waals surface area contributed by atoms with Crippen LogP contribution >= 0.6 is 0 Å². The molecule has 0 aliphatic heterocycles. The van der Waals surface area contributed by atoms with Gasteiger partial charge in [0.1, 0.15) is 0 Å². The van der Waals surface area contributed by atoms with Gasteiger partial charge in [-0.1, -0.05) is 68.3 Å². The fourth-order valence-corrected chi connectivity index (χ4v) is 2.47. The summed E-state index contributed by atoms with van der Waals surface area (Å²) in [7, 11) is 0. The number of carboxylic acids is 1. The molecule has 0 saturated heterocycles. The van der Waals surface area contributed by atoms with E-state index in [2.05, 4.69) is 25.1 Å². The fourth-order valence-electron chi connectivity index (χ4n) is 2.47. The first-order valence-electron chi connectivity index (χ1n) is 6.86. The third-order valence-electron chi connectivity index (χ3n) is 3.78. The van der Waals surface area contributed by atoms with Gasteiger partial charge in [0, 0.05) is 0 Å². The van der Waals surface area contributed by atoms with Crippen LogP contribution in [-0.4, -0.2) is 11.1 Å². The van der Waals surface area contributed by atoms with Crippen molar-refractivity contribution in [2.24, 2.45) is 5.41 Å². The van der Waals surface area contributed by atoms with Crippen LogP contribution in [0.3, 0.4) is 0 Å². The van der Waals surface area contributed by atoms with E-state index in [9.17, 15) is 9.90 Å². The van der Waals surface area contributed by atoms with Gasteiger partial charge in [-0.15, -0.1) is 0 Å². The summed E-state index contributed by atoms with van der Waals surface area (Å²) in [6.07, 6.45) is 9.18. The van der Waals surface area contributed by atoms with Crippen molar-refractivity contribution in [3.63, 3.8) is 0 Å². The van der Waals surface area contributed by atoms with Gasteiger partial charge in [-0.05, 0) is 24.0 Å². The molecule has 1 unspecified atom stereocenters. The number of unbranched alkanes of at least 4 members (excludes halogenated alkanes) is 1. The van der Waals surface area contributed by atoms with Gasteiger partial charge in [0.05, 0.1) is 5.41 Å². The van der Waals surface area contributed by atoms with Gasteiger partial charge < -0.3 is 5.11 Å². The van der Waals surface area contributed by atoms with Crippen LogP contribution in [0.2, 0.25) is 0 Å². The smallest absolute Gasteiger partial charge is 0.313 e. The molecule has 0 fully saturated rings. The summed E-state index contributed by atoms with van der Waals surface area (Å²) in [5, 5.41) is 9.49. The van der Waals surface area contributed by atoms with Crippen LogP contribution in [0, 0.1) is 5.41 Å². The number of carboxylic acid groups (broad SMARTS) is 1. The second-order valence-corrected chi connectivity index (χ2v) is 5.13. The van der Waals surface area contributed by atoms with E-state index >= 15 is 0 Å². The lowest BCUT2D eigenvalue weighted by Crippen LogP contribution is -2.29. The fraction of sp³-hybridized carbons (Fsp3) is 0.353. The molecule has 0 bridgehead atoms. The molecular formula is C17H20O2. The first kappa shape index (κ1) is 13.6. The zero-order chi connectivity index (χ0) is 13.7. The molecule has 1 aliphatic carbocycles. The maximum atomic E-state index is 11.5. The third kappa shape index (κ3) is 2.95. The first-order valence-corrected chi connectivity index (χ1v) is 6.86. The van der Waals surface area contributed by atoms with Gasteiger partial charge in [-0.2, -0.15) is 0 Å². The van der Waals surface area contributed by atoms with Gasteiger partial charge in [0.25, 0.3) is 0 Å². The van der Waals surface area contributed by atoms with E-state index in [-0.39, 0.29) is 0 Å². The highest BCUT2D eigenvalue weighted by molar-refractivity contribution is 5.83. The monoisotopic (exact) mass is 256 g/mol. The van der Waals surface area contributed by atoms with Crippen molar-refractivity contribution in [1.29, 1.82) is 0 Å². The maximum absolute atomic E-state index is 11.5. The van der Waals surface area contributed by atoms with E-state index in [0.29, 0.717) is 12.8 Å². The van der Waals surface area contributed by atoms with Crippen LogP contribution in [0.4, 0.5) is 0 Å². The van der Waals surface area contributed by atoms with Crippen molar-refractivity contribution in [2.75, 3.05) is 0 Å². The maximum Gasteiger partial charge on any atom is 0.313 e. The minimum atomic E-state index is -0.708. The molecule has 0 aromatic heterocycles. The Morgan fingerprint density at radius 1 is 1.32 bits per heavy atom. The molecule has 2 nitrogen and oxygen atoms in total. The molecule has 1 aliphatic rings. The summed E-state index contributed by atoms with van der Waals surface area (Å²) in [5.41, 5.74) is 1.57. The number of hydrogen-bond acceptors (Lipinski definition) is 1. The zero-order valence-corrected chi connectivity index (χ0v) is 11.3. The molecule has 1 aromatic rings. The number of aliphatic carboxylic acids is 1. The second-order valence-electron chi connectivity index (χ2n) is 5.13. The Labute approximate surface area is 114 Å². The van der Waals surface area contributed by atoms with E-state index < -0.39 is 11.4 Å². The Kier molecular flexibility index (Phi) is 4.20.